The normalized spacial score (nSPS) is 19.5. The molecule has 0 aliphatic heterocycles. The van der Waals surface area contributed by atoms with E-state index >= 15 is 0 Å². The van der Waals surface area contributed by atoms with Crippen LogP contribution in [0.25, 0.3) is 17.0 Å². The van der Waals surface area contributed by atoms with Crippen molar-refractivity contribution in [1.82, 2.24) is 15.0 Å². The molecule has 5 rings (SSSR count). The number of aromatic nitrogens is 3. The summed E-state index contributed by atoms with van der Waals surface area (Å²) in [6.45, 7) is 4.58. The summed E-state index contributed by atoms with van der Waals surface area (Å²) in [6.07, 6.45) is 5.51. The molecule has 0 N–H and O–H groups in total. The number of halogens is 1. The Bertz CT molecular complexity index is 1130. The summed E-state index contributed by atoms with van der Waals surface area (Å²) in [5.74, 6) is 1.45. The zero-order valence-corrected chi connectivity index (χ0v) is 16.6. The monoisotopic (exact) mass is 385 g/mol. The lowest BCUT2D eigenvalue weighted by Gasteiger charge is -2.26. The van der Waals surface area contributed by atoms with E-state index in [9.17, 15) is 0 Å². The Morgan fingerprint density at radius 3 is 2.50 bits per heavy atom. The zero-order valence-electron chi connectivity index (χ0n) is 15.9. The minimum absolute atomic E-state index is 0.0276. The second-order valence-corrected chi connectivity index (χ2v) is 8.20. The van der Waals surface area contributed by atoms with Gasteiger partial charge >= 0.3 is 0 Å². The second-order valence-electron chi connectivity index (χ2n) is 7.86. The number of allylic oxidation sites excluding steroid dienone is 4. The lowest BCUT2D eigenvalue weighted by molar-refractivity contribution is 0.643. The first kappa shape index (κ1) is 17.3. The molecular formula is C24H20ClN3. The summed E-state index contributed by atoms with van der Waals surface area (Å²) in [5.41, 5.74) is 6.34. The highest BCUT2D eigenvalue weighted by Crippen LogP contribution is 2.52. The lowest BCUT2D eigenvalue weighted by atomic mass is 9.78. The fourth-order valence-electron chi connectivity index (χ4n) is 4.35. The summed E-state index contributed by atoms with van der Waals surface area (Å²) in [5, 5.41) is 0.242. The van der Waals surface area contributed by atoms with E-state index in [-0.39, 0.29) is 16.6 Å². The molecule has 0 radical (unpaired) electrons. The maximum atomic E-state index is 6.26. The lowest BCUT2D eigenvalue weighted by Crippen LogP contribution is -2.18. The van der Waals surface area contributed by atoms with Gasteiger partial charge in [-0.3, -0.25) is 0 Å². The van der Waals surface area contributed by atoms with Crippen LogP contribution in [-0.4, -0.2) is 15.0 Å². The van der Waals surface area contributed by atoms with Crippen LogP contribution < -0.4 is 0 Å². The van der Waals surface area contributed by atoms with Gasteiger partial charge in [0, 0.05) is 16.9 Å². The second kappa shape index (κ2) is 6.39. The standard InChI is InChI=1S/C24H20ClN3/c1-24(2)19-11-7-6-10-17(19)18-13-12-16(14-20(18)24)22-26-21(27-23(25)28-22)15-8-4-3-5-9-15/h3-11,13-14,16H,12H2,1-2H3. The van der Waals surface area contributed by atoms with Crippen molar-refractivity contribution >= 4 is 17.2 Å². The van der Waals surface area contributed by atoms with Crippen LogP contribution >= 0.6 is 11.6 Å². The summed E-state index contributed by atoms with van der Waals surface area (Å²) >= 11 is 6.26. The van der Waals surface area contributed by atoms with E-state index in [2.05, 4.69) is 60.2 Å². The van der Waals surface area contributed by atoms with Crippen LogP contribution in [0.3, 0.4) is 0 Å². The van der Waals surface area contributed by atoms with E-state index in [0.29, 0.717) is 5.82 Å². The first-order chi connectivity index (χ1) is 13.5. The molecule has 0 bridgehead atoms. The third-order valence-electron chi connectivity index (χ3n) is 5.79. The van der Waals surface area contributed by atoms with Crippen molar-refractivity contribution < 1.29 is 0 Å². The van der Waals surface area contributed by atoms with Crippen molar-refractivity contribution in [2.24, 2.45) is 0 Å². The van der Waals surface area contributed by atoms with Crippen LogP contribution in [0.2, 0.25) is 5.28 Å². The molecular weight excluding hydrogens is 366 g/mol. The summed E-state index contributed by atoms with van der Waals surface area (Å²) in [7, 11) is 0. The molecule has 2 aliphatic rings. The Balaban J connectivity index is 1.57. The van der Waals surface area contributed by atoms with Gasteiger partial charge in [0.1, 0.15) is 5.82 Å². The molecule has 28 heavy (non-hydrogen) atoms. The van der Waals surface area contributed by atoms with Gasteiger partial charge in [0.15, 0.2) is 5.82 Å². The number of hydrogen-bond donors (Lipinski definition) is 0. The maximum Gasteiger partial charge on any atom is 0.226 e. The molecule has 4 heteroatoms. The summed E-state index contributed by atoms with van der Waals surface area (Å²) in [6, 6.07) is 18.6. The first-order valence-corrected chi connectivity index (χ1v) is 9.91. The predicted molar refractivity (Wildman–Crippen MR) is 113 cm³/mol. The Hall–Kier alpha value is -2.78. The minimum atomic E-state index is -0.0276. The van der Waals surface area contributed by atoms with Crippen molar-refractivity contribution in [2.45, 2.75) is 31.6 Å². The van der Waals surface area contributed by atoms with Gasteiger partial charge < -0.3 is 0 Å². The fourth-order valence-corrected chi connectivity index (χ4v) is 4.52. The Kier molecular flexibility index (Phi) is 3.95. The predicted octanol–water partition coefficient (Wildman–Crippen LogP) is 5.98. The molecule has 3 aromatic rings. The van der Waals surface area contributed by atoms with Crippen molar-refractivity contribution in [3.05, 3.63) is 94.6 Å². The molecule has 0 saturated carbocycles. The molecule has 2 aliphatic carbocycles. The van der Waals surface area contributed by atoms with Gasteiger partial charge in [0.05, 0.1) is 0 Å². The molecule has 1 aromatic heterocycles. The summed E-state index contributed by atoms with van der Waals surface area (Å²) in [4.78, 5) is 13.6. The Morgan fingerprint density at radius 1 is 0.929 bits per heavy atom. The third-order valence-corrected chi connectivity index (χ3v) is 5.96. The Morgan fingerprint density at radius 2 is 1.68 bits per heavy atom. The van der Waals surface area contributed by atoms with E-state index in [1.165, 1.54) is 22.3 Å². The number of fused-ring (bicyclic) bond motifs is 3. The fraction of sp³-hybridized carbons (Fsp3) is 0.208. The van der Waals surface area contributed by atoms with Crippen LogP contribution in [0.1, 0.15) is 43.1 Å². The third kappa shape index (κ3) is 2.70. The summed E-state index contributed by atoms with van der Waals surface area (Å²) < 4.78 is 0. The first-order valence-electron chi connectivity index (χ1n) is 9.53. The van der Waals surface area contributed by atoms with E-state index < -0.39 is 0 Å². The zero-order chi connectivity index (χ0) is 19.3. The van der Waals surface area contributed by atoms with Crippen molar-refractivity contribution in [3.8, 4) is 11.4 Å². The highest BCUT2D eigenvalue weighted by atomic mass is 35.5. The average molecular weight is 386 g/mol. The Labute approximate surface area is 169 Å². The number of rotatable bonds is 2. The quantitative estimate of drug-likeness (QED) is 0.544. The van der Waals surface area contributed by atoms with Crippen molar-refractivity contribution in [1.29, 1.82) is 0 Å². The van der Waals surface area contributed by atoms with E-state index in [0.717, 1.165) is 17.8 Å². The number of nitrogens with zero attached hydrogens (tertiary/aromatic N) is 3. The highest BCUT2D eigenvalue weighted by molar-refractivity contribution is 6.28. The SMILES string of the molecule is CC1(C)C2=CC(c3nc(Cl)nc(-c4ccccc4)n3)CC=C2c2ccccc21. The smallest absolute Gasteiger partial charge is 0.212 e. The van der Waals surface area contributed by atoms with Crippen LogP contribution in [0.4, 0.5) is 0 Å². The van der Waals surface area contributed by atoms with E-state index in [1.54, 1.807) is 0 Å². The van der Waals surface area contributed by atoms with Gasteiger partial charge in [0.2, 0.25) is 5.28 Å². The molecule has 1 atom stereocenters. The molecule has 0 saturated heterocycles. The molecule has 0 spiro atoms. The number of benzene rings is 2. The molecule has 1 heterocycles. The minimum Gasteiger partial charge on any atom is -0.212 e. The molecule has 3 nitrogen and oxygen atoms in total. The van der Waals surface area contributed by atoms with Crippen LogP contribution in [0.5, 0.6) is 0 Å². The van der Waals surface area contributed by atoms with Crippen molar-refractivity contribution in [3.63, 3.8) is 0 Å². The van der Waals surface area contributed by atoms with Crippen molar-refractivity contribution in [2.75, 3.05) is 0 Å². The van der Waals surface area contributed by atoms with Gasteiger partial charge in [-0.15, -0.1) is 0 Å². The highest BCUT2D eigenvalue weighted by Gasteiger charge is 2.39. The molecule has 1 unspecified atom stereocenters. The van der Waals surface area contributed by atoms with Gasteiger partial charge in [-0.2, -0.15) is 4.98 Å². The molecule has 0 amide bonds. The molecule has 2 aromatic carbocycles. The topological polar surface area (TPSA) is 38.7 Å². The van der Waals surface area contributed by atoms with E-state index in [4.69, 9.17) is 16.6 Å². The van der Waals surface area contributed by atoms with Gasteiger partial charge in [-0.1, -0.05) is 80.6 Å². The maximum absolute atomic E-state index is 6.26. The van der Waals surface area contributed by atoms with Gasteiger partial charge in [0.25, 0.3) is 0 Å². The van der Waals surface area contributed by atoms with Gasteiger partial charge in [-0.25, -0.2) is 9.97 Å². The largest absolute Gasteiger partial charge is 0.226 e. The van der Waals surface area contributed by atoms with E-state index in [1.807, 2.05) is 30.3 Å². The van der Waals surface area contributed by atoms with Crippen LogP contribution in [0.15, 0.2) is 72.3 Å². The van der Waals surface area contributed by atoms with Gasteiger partial charge in [-0.05, 0) is 40.3 Å². The molecule has 138 valence electrons. The average Bonchev–Trinajstić information content (AvgIpc) is 2.95. The van der Waals surface area contributed by atoms with Crippen LogP contribution in [0, 0.1) is 0 Å². The number of hydrogen-bond acceptors (Lipinski definition) is 3. The molecule has 0 fully saturated rings. The van der Waals surface area contributed by atoms with Crippen LogP contribution in [-0.2, 0) is 5.41 Å².